The summed E-state index contributed by atoms with van der Waals surface area (Å²) in [5, 5.41) is 6.14. The summed E-state index contributed by atoms with van der Waals surface area (Å²) in [6, 6.07) is 7.13. The van der Waals surface area contributed by atoms with E-state index >= 15 is 0 Å². The van der Waals surface area contributed by atoms with Crippen molar-refractivity contribution in [3.05, 3.63) is 52.4 Å². The first-order chi connectivity index (χ1) is 17.2. The molecule has 0 spiro atoms. The summed E-state index contributed by atoms with van der Waals surface area (Å²) in [4.78, 5) is 38.6. The van der Waals surface area contributed by atoms with Crippen LogP contribution in [-0.2, 0) is 20.1 Å². The molecule has 2 rings (SSSR count). The molecule has 2 N–H and O–H groups in total. The Kier molecular flexibility index (Phi) is 13.2. The van der Waals surface area contributed by atoms with Gasteiger partial charge in [-0.2, -0.15) is 0 Å². The van der Waals surface area contributed by atoms with Gasteiger partial charge in [0, 0.05) is 0 Å². The second kappa shape index (κ2) is 15.8. The van der Waals surface area contributed by atoms with Crippen molar-refractivity contribution in [2.45, 2.75) is 64.3 Å². The molecule has 0 fully saturated rings. The van der Waals surface area contributed by atoms with E-state index in [0.29, 0.717) is 23.6 Å². The molecule has 1 aromatic heterocycles. The van der Waals surface area contributed by atoms with E-state index in [1.807, 2.05) is 26.8 Å². The van der Waals surface area contributed by atoms with E-state index in [4.69, 9.17) is 32.4 Å². The highest BCUT2D eigenvalue weighted by Crippen LogP contribution is 2.31. The molecule has 0 aliphatic heterocycles. The van der Waals surface area contributed by atoms with E-state index in [2.05, 4.69) is 10.6 Å². The highest BCUT2D eigenvalue weighted by Gasteiger charge is 2.27. The summed E-state index contributed by atoms with van der Waals surface area (Å²) < 4.78 is 10.8. The summed E-state index contributed by atoms with van der Waals surface area (Å²) in [6.07, 6.45) is 4.25. The lowest BCUT2D eigenvalue weighted by atomic mass is 10.0. The molecule has 0 saturated carbocycles. The number of unbranched alkanes of at least 4 members (excludes halogenated alkanes) is 1. The van der Waals surface area contributed by atoms with Crippen molar-refractivity contribution in [2.24, 2.45) is 5.92 Å². The minimum atomic E-state index is -0.802. The number of hydrogen-bond acceptors (Lipinski definition) is 6. The zero-order valence-electron chi connectivity index (χ0n) is 20.9. The van der Waals surface area contributed by atoms with Gasteiger partial charge in [0.1, 0.15) is 22.6 Å². The van der Waals surface area contributed by atoms with Crippen molar-refractivity contribution in [2.75, 3.05) is 12.4 Å². The average Bonchev–Trinajstić information content (AvgIpc) is 3.35. The quantitative estimate of drug-likeness (QED) is 0.276. The Hall–Kier alpha value is -2.16. The molecule has 36 heavy (non-hydrogen) atoms. The molecule has 2 atom stereocenters. The van der Waals surface area contributed by atoms with Gasteiger partial charge in [-0.05, 0) is 43.0 Å². The summed E-state index contributed by atoms with van der Waals surface area (Å²) in [7, 11) is 0. The average molecular weight is 558 g/mol. The third kappa shape index (κ3) is 10.4. The van der Waals surface area contributed by atoms with Crippen molar-refractivity contribution < 1.29 is 23.5 Å². The molecule has 10 heteroatoms. The van der Waals surface area contributed by atoms with Crippen molar-refractivity contribution in [1.29, 1.82) is 0 Å². The topological polar surface area (TPSA) is 97.6 Å². The van der Waals surface area contributed by atoms with Crippen LogP contribution in [0.5, 0.6) is 5.75 Å². The number of benzene rings is 1. The van der Waals surface area contributed by atoms with E-state index in [1.54, 1.807) is 30.5 Å². The largest absolute Gasteiger partial charge is 0.482 e. The number of nitrogens with one attached hydrogen (secondary N) is 2. The maximum absolute atomic E-state index is 13.1. The van der Waals surface area contributed by atoms with E-state index in [9.17, 15) is 14.4 Å². The lowest BCUT2D eigenvalue weighted by molar-refractivity contribution is -0.132. The molecular formula is C26H34Cl2N2O5S. The molecule has 2 aromatic rings. The van der Waals surface area contributed by atoms with Gasteiger partial charge < -0.3 is 19.8 Å². The van der Waals surface area contributed by atoms with Crippen molar-refractivity contribution in [3.63, 3.8) is 0 Å². The third-order valence-electron chi connectivity index (χ3n) is 5.25. The number of carbonyl (C=O) groups excluding carboxylic acids is 3. The zero-order valence-corrected chi connectivity index (χ0v) is 23.2. The number of hydrogen-bond donors (Lipinski definition) is 2. The second-order valence-electron chi connectivity index (χ2n) is 8.83. The van der Waals surface area contributed by atoms with Gasteiger partial charge in [0.2, 0.25) is 5.91 Å². The molecule has 2 amide bonds. The Balaban J connectivity index is 1.96. The molecule has 2 unspecified atom stereocenters. The van der Waals surface area contributed by atoms with Gasteiger partial charge in [0.25, 0.3) is 5.91 Å². The zero-order chi connectivity index (χ0) is 26.5. The molecule has 0 radical (unpaired) electrons. The Labute approximate surface area is 227 Å². The van der Waals surface area contributed by atoms with Crippen LogP contribution >= 0.6 is 35.0 Å². The minimum Gasteiger partial charge on any atom is -0.482 e. The molecule has 0 aliphatic rings. The van der Waals surface area contributed by atoms with E-state index < -0.39 is 18.0 Å². The monoisotopic (exact) mass is 556 g/mol. The van der Waals surface area contributed by atoms with Crippen LogP contribution in [-0.4, -0.2) is 42.0 Å². The second-order valence-corrected chi connectivity index (χ2v) is 10.6. The van der Waals surface area contributed by atoms with Crippen LogP contribution in [0.2, 0.25) is 10.0 Å². The number of furan rings is 1. The number of Topliss-reactive ketones (excluding diaryl/α,β-unsaturated/α-hetero) is 1. The third-order valence-corrected chi connectivity index (χ3v) is 7.03. The van der Waals surface area contributed by atoms with Crippen molar-refractivity contribution in [3.8, 4) is 5.75 Å². The van der Waals surface area contributed by atoms with E-state index in [-0.39, 0.29) is 40.7 Å². The molecule has 0 bridgehead atoms. The summed E-state index contributed by atoms with van der Waals surface area (Å²) in [6.45, 7) is 5.62. The fourth-order valence-electron chi connectivity index (χ4n) is 3.42. The van der Waals surface area contributed by atoms with Gasteiger partial charge in [-0.1, -0.05) is 62.9 Å². The lowest BCUT2D eigenvalue weighted by Gasteiger charge is -2.24. The van der Waals surface area contributed by atoms with E-state index in [0.717, 1.165) is 18.6 Å². The van der Waals surface area contributed by atoms with Gasteiger partial charge in [-0.3, -0.25) is 14.4 Å². The van der Waals surface area contributed by atoms with Crippen molar-refractivity contribution in [1.82, 2.24) is 10.6 Å². The fourth-order valence-corrected chi connectivity index (χ4v) is 4.64. The van der Waals surface area contributed by atoms with Crippen LogP contribution in [0.25, 0.3) is 0 Å². The summed E-state index contributed by atoms with van der Waals surface area (Å²) in [5.74, 6) is 1.13. The first-order valence-corrected chi connectivity index (χ1v) is 13.9. The lowest BCUT2D eigenvalue weighted by Crippen LogP contribution is -2.53. The molecule has 1 heterocycles. The number of rotatable bonds is 16. The standard InChI is InChI=1S/C26H34Cl2N2O5S/c1-4-5-10-20(22(31)16-36-15-18-8-7-12-34-18)30-26(33)21(13-17(2)3)29-24(32)14-35-23-11-6-9-19(27)25(23)28/h6-9,11-12,17,20-21H,4-5,10,13-16H2,1-3H3,(H,29,32)(H,30,33). The Morgan fingerprint density at radius 2 is 1.86 bits per heavy atom. The van der Waals surface area contributed by atoms with Crippen molar-refractivity contribution >= 4 is 52.6 Å². The number of amides is 2. The normalized spacial score (nSPS) is 12.7. The maximum atomic E-state index is 13.1. The van der Waals surface area contributed by atoms with Gasteiger partial charge in [-0.25, -0.2) is 0 Å². The van der Waals surface area contributed by atoms with E-state index in [1.165, 1.54) is 11.8 Å². The SMILES string of the molecule is CCCCC(NC(=O)C(CC(C)C)NC(=O)COc1cccc(Cl)c1Cl)C(=O)CSCc1ccco1. The predicted molar refractivity (Wildman–Crippen MR) is 145 cm³/mol. The van der Waals surface area contributed by atoms with Gasteiger partial charge in [0.05, 0.1) is 28.8 Å². The predicted octanol–water partition coefficient (Wildman–Crippen LogP) is 5.67. The van der Waals surface area contributed by atoms with Crippen LogP contribution in [0.15, 0.2) is 41.0 Å². The number of ether oxygens (including phenoxy) is 1. The first kappa shape index (κ1) is 30.1. The van der Waals surface area contributed by atoms with Crippen LogP contribution in [0.4, 0.5) is 0 Å². The molecule has 0 aliphatic carbocycles. The summed E-state index contributed by atoms with van der Waals surface area (Å²) in [5.41, 5.74) is 0. The number of thioether (sulfide) groups is 1. The molecule has 0 saturated heterocycles. The Bertz CT molecular complexity index is 985. The summed E-state index contributed by atoms with van der Waals surface area (Å²) >= 11 is 13.5. The number of carbonyl (C=O) groups is 3. The molecule has 7 nitrogen and oxygen atoms in total. The highest BCUT2D eigenvalue weighted by molar-refractivity contribution is 7.99. The number of halogens is 2. The fraction of sp³-hybridized carbons (Fsp3) is 0.500. The number of ketones is 1. The Morgan fingerprint density at radius 1 is 1.08 bits per heavy atom. The van der Waals surface area contributed by atoms with Crippen LogP contribution < -0.4 is 15.4 Å². The van der Waals surface area contributed by atoms with Crippen LogP contribution in [0, 0.1) is 5.92 Å². The smallest absolute Gasteiger partial charge is 0.258 e. The minimum absolute atomic E-state index is 0.0538. The highest BCUT2D eigenvalue weighted by atomic mass is 35.5. The van der Waals surface area contributed by atoms with Crippen LogP contribution in [0.3, 0.4) is 0 Å². The van der Waals surface area contributed by atoms with Gasteiger partial charge >= 0.3 is 0 Å². The maximum Gasteiger partial charge on any atom is 0.258 e. The Morgan fingerprint density at radius 3 is 2.53 bits per heavy atom. The van der Waals surface area contributed by atoms with Crippen LogP contribution in [0.1, 0.15) is 52.2 Å². The van der Waals surface area contributed by atoms with Gasteiger partial charge in [-0.15, -0.1) is 11.8 Å². The van der Waals surface area contributed by atoms with Gasteiger partial charge in [0.15, 0.2) is 12.4 Å². The molecular weight excluding hydrogens is 523 g/mol. The molecule has 198 valence electrons. The first-order valence-electron chi connectivity index (χ1n) is 12.0. The molecule has 1 aromatic carbocycles.